The maximum atomic E-state index is 12.3. The van der Waals surface area contributed by atoms with Crippen LogP contribution in [0.1, 0.15) is 18.4 Å². The molecular weight excluding hydrogens is 338 g/mol. The third-order valence-electron chi connectivity index (χ3n) is 3.43. The molecule has 0 saturated carbocycles. The average Bonchev–Trinajstić information content (AvgIpc) is 2.90. The first-order valence-electron chi connectivity index (χ1n) is 6.86. The molecule has 21 heavy (non-hydrogen) atoms. The summed E-state index contributed by atoms with van der Waals surface area (Å²) < 4.78 is 6.17. The van der Waals surface area contributed by atoms with E-state index in [9.17, 15) is 9.59 Å². The van der Waals surface area contributed by atoms with Crippen molar-refractivity contribution >= 4 is 27.8 Å². The summed E-state index contributed by atoms with van der Waals surface area (Å²) >= 11 is 3.37. The lowest BCUT2D eigenvalue weighted by molar-refractivity contribution is -0.145. The van der Waals surface area contributed by atoms with Gasteiger partial charge in [-0.25, -0.2) is 0 Å². The highest BCUT2D eigenvalue weighted by molar-refractivity contribution is 9.10. The molecule has 1 amide bonds. The maximum Gasteiger partial charge on any atom is 0.323 e. The van der Waals surface area contributed by atoms with Crippen molar-refractivity contribution in [2.45, 2.75) is 19.4 Å². The quantitative estimate of drug-likeness (QED) is 0.849. The molecule has 114 valence electrons. The van der Waals surface area contributed by atoms with Gasteiger partial charge in [0.1, 0.15) is 6.54 Å². The molecule has 1 aliphatic rings. The van der Waals surface area contributed by atoms with Crippen molar-refractivity contribution in [1.29, 1.82) is 0 Å². The predicted octanol–water partition coefficient (Wildman–Crippen LogP) is 2.29. The Kier molecular flexibility index (Phi) is 5.76. The molecule has 1 fully saturated rings. The Morgan fingerprint density at radius 3 is 2.86 bits per heavy atom. The van der Waals surface area contributed by atoms with E-state index in [-0.39, 0.29) is 18.4 Å². The zero-order valence-corrected chi connectivity index (χ0v) is 13.2. The van der Waals surface area contributed by atoms with Gasteiger partial charge in [0.25, 0.3) is 0 Å². The maximum absolute atomic E-state index is 12.3. The van der Waals surface area contributed by atoms with Gasteiger partial charge in [-0.2, -0.15) is 0 Å². The van der Waals surface area contributed by atoms with Crippen LogP contribution in [0.25, 0.3) is 0 Å². The molecule has 1 aliphatic heterocycles. The van der Waals surface area contributed by atoms with E-state index in [1.54, 1.807) is 0 Å². The summed E-state index contributed by atoms with van der Waals surface area (Å²) in [6.07, 6.45) is 1.21. The first kappa shape index (κ1) is 16.0. The molecule has 0 spiro atoms. The minimum atomic E-state index is -0.999. The van der Waals surface area contributed by atoms with Gasteiger partial charge in [0.05, 0.1) is 0 Å². The van der Waals surface area contributed by atoms with Crippen LogP contribution in [0.15, 0.2) is 28.7 Å². The lowest BCUT2D eigenvalue weighted by atomic mass is 10.0. The number of amides is 1. The summed E-state index contributed by atoms with van der Waals surface area (Å²) in [6.45, 7) is 1.29. The van der Waals surface area contributed by atoms with Crippen LogP contribution in [-0.2, 0) is 20.9 Å². The number of carbonyl (C=O) groups is 2. The first-order valence-corrected chi connectivity index (χ1v) is 7.65. The Balaban J connectivity index is 2.02. The fraction of sp³-hybridized carbons (Fsp3) is 0.467. The van der Waals surface area contributed by atoms with Crippen molar-refractivity contribution in [2.75, 3.05) is 19.8 Å². The van der Waals surface area contributed by atoms with Crippen LogP contribution in [0.5, 0.6) is 0 Å². The van der Waals surface area contributed by atoms with Gasteiger partial charge in [-0.1, -0.05) is 28.1 Å². The minimum absolute atomic E-state index is 0.132. The number of hydrogen-bond acceptors (Lipinski definition) is 3. The van der Waals surface area contributed by atoms with E-state index in [4.69, 9.17) is 9.84 Å². The molecule has 5 nitrogen and oxygen atoms in total. The summed E-state index contributed by atoms with van der Waals surface area (Å²) in [5, 5.41) is 9.00. The fourth-order valence-electron chi connectivity index (χ4n) is 2.37. The number of carboxylic acids is 1. The molecular formula is C15H18BrNO4. The van der Waals surface area contributed by atoms with Crippen molar-refractivity contribution in [3.05, 3.63) is 34.3 Å². The van der Waals surface area contributed by atoms with Crippen molar-refractivity contribution in [1.82, 2.24) is 4.90 Å². The summed E-state index contributed by atoms with van der Waals surface area (Å²) in [4.78, 5) is 24.7. The van der Waals surface area contributed by atoms with Gasteiger partial charge in [-0.05, 0) is 30.0 Å². The summed E-state index contributed by atoms with van der Waals surface area (Å²) in [6, 6.07) is 7.53. The number of carbonyl (C=O) groups excluding carboxylic acids is 1. The van der Waals surface area contributed by atoms with E-state index in [2.05, 4.69) is 15.9 Å². The van der Waals surface area contributed by atoms with Crippen LogP contribution in [0, 0.1) is 5.92 Å². The second-order valence-electron chi connectivity index (χ2n) is 5.21. The lowest BCUT2D eigenvalue weighted by Gasteiger charge is -2.22. The number of hydrogen-bond donors (Lipinski definition) is 1. The van der Waals surface area contributed by atoms with Crippen LogP contribution >= 0.6 is 15.9 Å². The molecule has 6 heteroatoms. The second-order valence-corrected chi connectivity index (χ2v) is 6.12. The number of benzene rings is 1. The standard InChI is InChI=1S/C15H18BrNO4/c16-13-3-1-2-11(6-13)8-17(9-15(19)20)14(18)7-12-4-5-21-10-12/h1-3,6,12H,4-5,7-10H2,(H,19,20). The normalized spacial score (nSPS) is 17.7. The average molecular weight is 356 g/mol. The van der Waals surface area contributed by atoms with Crippen LogP contribution in [-0.4, -0.2) is 41.6 Å². The molecule has 1 saturated heterocycles. The largest absolute Gasteiger partial charge is 0.480 e. The molecule has 0 radical (unpaired) electrons. The highest BCUT2D eigenvalue weighted by atomic mass is 79.9. The van der Waals surface area contributed by atoms with E-state index in [1.165, 1.54) is 4.90 Å². The van der Waals surface area contributed by atoms with E-state index in [0.717, 1.165) is 16.5 Å². The number of aliphatic carboxylic acids is 1. The fourth-order valence-corrected chi connectivity index (χ4v) is 2.82. The molecule has 2 rings (SSSR count). The number of rotatable bonds is 6. The van der Waals surface area contributed by atoms with E-state index >= 15 is 0 Å². The van der Waals surface area contributed by atoms with Crippen LogP contribution < -0.4 is 0 Å². The highest BCUT2D eigenvalue weighted by Gasteiger charge is 2.24. The monoisotopic (exact) mass is 355 g/mol. The van der Waals surface area contributed by atoms with Gasteiger partial charge < -0.3 is 14.7 Å². The molecule has 0 aromatic heterocycles. The molecule has 0 aliphatic carbocycles. The summed E-state index contributed by atoms with van der Waals surface area (Å²) in [5.41, 5.74) is 0.904. The summed E-state index contributed by atoms with van der Waals surface area (Å²) in [7, 11) is 0. The minimum Gasteiger partial charge on any atom is -0.480 e. The zero-order valence-electron chi connectivity index (χ0n) is 11.6. The molecule has 1 N–H and O–H groups in total. The van der Waals surface area contributed by atoms with Crippen molar-refractivity contribution in [2.24, 2.45) is 5.92 Å². The first-order chi connectivity index (χ1) is 10.0. The Morgan fingerprint density at radius 1 is 1.43 bits per heavy atom. The smallest absolute Gasteiger partial charge is 0.323 e. The van der Waals surface area contributed by atoms with Crippen LogP contribution in [0.4, 0.5) is 0 Å². The van der Waals surface area contributed by atoms with Gasteiger partial charge in [0, 0.05) is 30.7 Å². The SMILES string of the molecule is O=C(O)CN(Cc1cccc(Br)c1)C(=O)CC1CCOC1. The molecule has 1 unspecified atom stereocenters. The topological polar surface area (TPSA) is 66.8 Å². The number of halogens is 1. The van der Waals surface area contributed by atoms with Crippen molar-refractivity contribution in [3.8, 4) is 0 Å². The highest BCUT2D eigenvalue weighted by Crippen LogP contribution is 2.19. The zero-order chi connectivity index (χ0) is 15.2. The third-order valence-corrected chi connectivity index (χ3v) is 3.92. The van der Waals surface area contributed by atoms with Crippen LogP contribution in [0.2, 0.25) is 0 Å². The lowest BCUT2D eigenvalue weighted by Crippen LogP contribution is -2.36. The predicted molar refractivity (Wildman–Crippen MR) is 80.7 cm³/mol. The van der Waals surface area contributed by atoms with E-state index in [1.807, 2.05) is 24.3 Å². The van der Waals surface area contributed by atoms with E-state index < -0.39 is 5.97 Å². The van der Waals surface area contributed by atoms with Gasteiger partial charge >= 0.3 is 5.97 Å². The van der Waals surface area contributed by atoms with Gasteiger partial charge in [0.2, 0.25) is 5.91 Å². The second kappa shape index (κ2) is 7.56. The van der Waals surface area contributed by atoms with Crippen molar-refractivity contribution in [3.63, 3.8) is 0 Å². The van der Waals surface area contributed by atoms with E-state index in [0.29, 0.717) is 26.2 Å². The number of nitrogens with zero attached hydrogens (tertiary/aromatic N) is 1. The number of ether oxygens (including phenoxy) is 1. The Morgan fingerprint density at radius 2 is 2.24 bits per heavy atom. The Bertz CT molecular complexity index is 514. The van der Waals surface area contributed by atoms with Gasteiger partial charge in [0.15, 0.2) is 0 Å². The van der Waals surface area contributed by atoms with Gasteiger partial charge in [-0.3, -0.25) is 9.59 Å². The summed E-state index contributed by atoms with van der Waals surface area (Å²) in [5.74, 6) is -0.926. The molecule has 1 atom stereocenters. The third kappa shape index (κ3) is 5.13. The number of carboxylic acid groups (broad SMARTS) is 1. The molecule has 1 aromatic carbocycles. The molecule has 1 heterocycles. The van der Waals surface area contributed by atoms with Gasteiger partial charge in [-0.15, -0.1) is 0 Å². The Labute approximate surface area is 132 Å². The van der Waals surface area contributed by atoms with Crippen molar-refractivity contribution < 1.29 is 19.4 Å². The Hall–Kier alpha value is -1.40. The molecule has 0 bridgehead atoms. The van der Waals surface area contributed by atoms with Crippen LogP contribution in [0.3, 0.4) is 0 Å². The molecule has 1 aromatic rings.